The number of urea groups is 1. The zero-order valence-corrected chi connectivity index (χ0v) is 20.9. The van der Waals surface area contributed by atoms with Crippen LogP contribution in [-0.2, 0) is 11.2 Å². The minimum absolute atomic E-state index is 0.0691. The van der Waals surface area contributed by atoms with Crippen LogP contribution in [0.2, 0.25) is 5.02 Å². The van der Waals surface area contributed by atoms with Gasteiger partial charge in [0, 0.05) is 6.54 Å². The van der Waals surface area contributed by atoms with Crippen molar-refractivity contribution in [3.63, 3.8) is 0 Å². The summed E-state index contributed by atoms with van der Waals surface area (Å²) in [5.41, 5.74) is 2.63. The van der Waals surface area contributed by atoms with Crippen molar-refractivity contribution >= 4 is 51.7 Å². The SMILES string of the molecule is Cc1cccc(Cl)c1NC(=O)Nc1cc2ccccc2cc1C(=O)NCC(Cc1ccccc1)C(=O)O. The lowest BCUT2D eigenvalue weighted by Gasteiger charge is -2.17. The van der Waals surface area contributed by atoms with Gasteiger partial charge in [0.15, 0.2) is 0 Å². The van der Waals surface area contributed by atoms with E-state index in [1.54, 1.807) is 24.3 Å². The molecule has 0 bridgehead atoms. The molecule has 37 heavy (non-hydrogen) atoms. The number of halogens is 1. The molecule has 4 aromatic rings. The summed E-state index contributed by atoms with van der Waals surface area (Å²) >= 11 is 6.24. The zero-order chi connectivity index (χ0) is 26.4. The van der Waals surface area contributed by atoms with Gasteiger partial charge in [-0.25, -0.2) is 4.79 Å². The van der Waals surface area contributed by atoms with Crippen molar-refractivity contribution in [3.8, 4) is 0 Å². The summed E-state index contributed by atoms with van der Waals surface area (Å²) in [4.78, 5) is 37.9. The third kappa shape index (κ3) is 6.45. The van der Waals surface area contributed by atoms with Gasteiger partial charge in [0.2, 0.25) is 0 Å². The highest BCUT2D eigenvalue weighted by Gasteiger charge is 2.21. The summed E-state index contributed by atoms with van der Waals surface area (Å²) in [5, 5.41) is 19.9. The Kier molecular flexibility index (Phi) is 8.05. The van der Waals surface area contributed by atoms with Crippen molar-refractivity contribution in [2.75, 3.05) is 17.2 Å². The van der Waals surface area contributed by atoms with Crippen LogP contribution in [0.15, 0.2) is 84.9 Å². The Morgan fingerprint density at radius 3 is 2.22 bits per heavy atom. The summed E-state index contributed by atoms with van der Waals surface area (Å²) in [5.74, 6) is -2.31. The number of carbonyl (C=O) groups excluding carboxylic acids is 2. The van der Waals surface area contributed by atoms with Gasteiger partial charge in [-0.2, -0.15) is 0 Å². The van der Waals surface area contributed by atoms with Crippen molar-refractivity contribution in [3.05, 3.63) is 107 Å². The maximum absolute atomic E-state index is 13.2. The molecule has 0 aromatic heterocycles. The molecule has 0 fully saturated rings. The zero-order valence-electron chi connectivity index (χ0n) is 20.1. The second kappa shape index (κ2) is 11.6. The van der Waals surface area contributed by atoms with Gasteiger partial charge in [-0.3, -0.25) is 9.59 Å². The number of benzene rings is 4. The lowest BCUT2D eigenvalue weighted by Crippen LogP contribution is -2.34. The Hall–Kier alpha value is -4.36. The number of fused-ring (bicyclic) bond motifs is 1. The average molecular weight is 516 g/mol. The molecule has 0 heterocycles. The van der Waals surface area contributed by atoms with Crippen molar-refractivity contribution in [1.82, 2.24) is 5.32 Å². The standard InChI is InChI=1S/C29H26ClN3O4/c1-18-8-7-13-24(30)26(18)33-29(37)32-25-16-21-12-6-5-11-20(21)15-23(25)27(34)31-17-22(28(35)36)14-19-9-3-2-4-10-19/h2-13,15-16,22H,14,17H2,1H3,(H,31,34)(H,35,36)(H2,32,33,37). The van der Waals surface area contributed by atoms with Crippen LogP contribution in [0, 0.1) is 12.8 Å². The van der Waals surface area contributed by atoms with Crippen LogP contribution in [-0.4, -0.2) is 29.6 Å². The highest BCUT2D eigenvalue weighted by molar-refractivity contribution is 6.34. The second-order valence-electron chi connectivity index (χ2n) is 8.69. The predicted octanol–water partition coefficient (Wildman–Crippen LogP) is 6.12. The van der Waals surface area contributed by atoms with E-state index in [4.69, 9.17) is 11.6 Å². The smallest absolute Gasteiger partial charge is 0.323 e. The van der Waals surface area contributed by atoms with Gasteiger partial charge in [0.1, 0.15) is 0 Å². The Bertz CT molecular complexity index is 1440. The van der Waals surface area contributed by atoms with E-state index in [1.807, 2.05) is 67.6 Å². The summed E-state index contributed by atoms with van der Waals surface area (Å²) in [6, 6.07) is 24.8. The first-order valence-corrected chi connectivity index (χ1v) is 12.1. The molecule has 7 nitrogen and oxygen atoms in total. The third-order valence-electron chi connectivity index (χ3n) is 6.02. The predicted molar refractivity (Wildman–Crippen MR) is 146 cm³/mol. The number of carbonyl (C=O) groups is 3. The van der Waals surface area contributed by atoms with Gasteiger partial charge in [-0.05, 0) is 53.4 Å². The van der Waals surface area contributed by atoms with E-state index in [2.05, 4.69) is 16.0 Å². The van der Waals surface area contributed by atoms with Crippen molar-refractivity contribution in [2.45, 2.75) is 13.3 Å². The van der Waals surface area contributed by atoms with Crippen molar-refractivity contribution in [2.24, 2.45) is 5.92 Å². The van der Waals surface area contributed by atoms with Gasteiger partial charge >= 0.3 is 12.0 Å². The molecule has 0 spiro atoms. The molecule has 0 radical (unpaired) electrons. The lowest BCUT2D eigenvalue weighted by atomic mass is 9.99. The number of hydrogen-bond donors (Lipinski definition) is 4. The fourth-order valence-electron chi connectivity index (χ4n) is 4.05. The number of para-hydroxylation sites is 1. The number of nitrogens with one attached hydrogen (secondary N) is 3. The van der Waals surface area contributed by atoms with Gasteiger partial charge < -0.3 is 21.1 Å². The molecule has 0 saturated carbocycles. The molecule has 8 heteroatoms. The summed E-state index contributed by atoms with van der Waals surface area (Å²) in [6.07, 6.45) is 0.277. The fraction of sp³-hybridized carbons (Fsp3) is 0.138. The average Bonchev–Trinajstić information content (AvgIpc) is 2.88. The maximum Gasteiger partial charge on any atom is 0.323 e. The number of anilines is 2. The second-order valence-corrected chi connectivity index (χ2v) is 9.10. The minimum Gasteiger partial charge on any atom is -0.481 e. The quantitative estimate of drug-likeness (QED) is 0.227. The van der Waals surface area contributed by atoms with Crippen LogP contribution in [0.1, 0.15) is 21.5 Å². The number of carboxylic acid groups (broad SMARTS) is 1. The molecule has 4 rings (SSSR count). The monoisotopic (exact) mass is 515 g/mol. The summed E-state index contributed by atoms with van der Waals surface area (Å²) < 4.78 is 0. The first-order valence-electron chi connectivity index (χ1n) is 11.7. The highest BCUT2D eigenvalue weighted by Crippen LogP contribution is 2.27. The number of amides is 3. The molecule has 4 N–H and O–H groups in total. The molecule has 0 saturated heterocycles. The van der Waals surface area contributed by atoms with Crippen LogP contribution < -0.4 is 16.0 Å². The van der Waals surface area contributed by atoms with E-state index in [0.717, 1.165) is 21.9 Å². The van der Waals surface area contributed by atoms with E-state index in [0.29, 0.717) is 10.7 Å². The normalized spacial score (nSPS) is 11.5. The highest BCUT2D eigenvalue weighted by atomic mass is 35.5. The van der Waals surface area contributed by atoms with Crippen molar-refractivity contribution < 1.29 is 19.5 Å². The van der Waals surface area contributed by atoms with Crippen LogP contribution in [0.3, 0.4) is 0 Å². The molecule has 188 valence electrons. The number of aryl methyl sites for hydroxylation is 1. The Morgan fingerprint density at radius 2 is 1.54 bits per heavy atom. The molecule has 4 aromatic carbocycles. The number of carboxylic acids is 1. The summed E-state index contributed by atoms with van der Waals surface area (Å²) in [6.45, 7) is 1.76. The van der Waals surface area contributed by atoms with Gasteiger partial charge in [0.25, 0.3) is 5.91 Å². The molecular weight excluding hydrogens is 490 g/mol. The Balaban J connectivity index is 1.56. The topological polar surface area (TPSA) is 108 Å². The van der Waals surface area contributed by atoms with E-state index in [9.17, 15) is 19.5 Å². The fourth-order valence-corrected chi connectivity index (χ4v) is 4.31. The molecular formula is C29H26ClN3O4. The molecule has 0 aliphatic heterocycles. The van der Waals surface area contributed by atoms with E-state index < -0.39 is 23.8 Å². The first kappa shape index (κ1) is 25.7. The van der Waals surface area contributed by atoms with E-state index in [1.165, 1.54) is 0 Å². The number of rotatable bonds is 8. The Labute approximate surface area is 219 Å². The third-order valence-corrected chi connectivity index (χ3v) is 6.34. The molecule has 0 aliphatic rings. The summed E-state index contributed by atoms with van der Waals surface area (Å²) in [7, 11) is 0. The van der Waals surface area contributed by atoms with Crippen LogP contribution in [0.5, 0.6) is 0 Å². The molecule has 1 unspecified atom stereocenters. The van der Waals surface area contributed by atoms with Gasteiger partial charge in [-0.15, -0.1) is 0 Å². The van der Waals surface area contributed by atoms with Crippen LogP contribution in [0.4, 0.5) is 16.2 Å². The maximum atomic E-state index is 13.2. The van der Waals surface area contributed by atoms with Crippen molar-refractivity contribution in [1.29, 1.82) is 0 Å². The van der Waals surface area contributed by atoms with Gasteiger partial charge in [0.05, 0.1) is 27.9 Å². The van der Waals surface area contributed by atoms with E-state index in [-0.39, 0.29) is 24.2 Å². The molecule has 0 aliphatic carbocycles. The molecule has 3 amide bonds. The van der Waals surface area contributed by atoms with Crippen LogP contribution >= 0.6 is 11.6 Å². The van der Waals surface area contributed by atoms with Crippen LogP contribution in [0.25, 0.3) is 10.8 Å². The minimum atomic E-state index is -1.00. The molecule has 1 atom stereocenters. The van der Waals surface area contributed by atoms with Gasteiger partial charge in [-0.1, -0.05) is 78.3 Å². The largest absolute Gasteiger partial charge is 0.481 e. The van der Waals surface area contributed by atoms with E-state index >= 15 is 0 Å². The Morgan fingerprint density at radius 1 is 0.865 bits per heavy atom. The number of aliphatic carboxylic acids is 1. The number of hydrogen-bond acceptors (Lipinski definition) is 3. The first-order chi connectivity index (χ1) is 17.8. The lowest BCUT2D eigenvalue weighted by molar-refractivity contribution is -0.141.